The van der Waals surface area contributed by atoms with E-state index in [0.29, 0.717) is 19.3 Å². The molecule has 11 heteroatoms. The number of carbonyl (C=O) groups excluding carboxylic acids is 2. The number of nitrogens with one attached hydrogen (secondary N) is 3. The van der Waals surface area contributed by atoms with Crippen LogP contribution in [0.1, 0.15) is 75.6 Å². The van der Waals surface area contributed by atoms with Gasteiger partial charge in [0.2, 0.25) is 17.7 Å². The van der Waals surface area contributed by atoms with E-state index in [9.17, 15) is 19.5 Å². The minimum atomic E-state index is -1.17. The van der Waals surface area contributed by atoms with Gasteiger partial charge in [0.05, 0.1) is 11.8 Å². The molecule has 4 aromatic rings. The number of benzene rings is 2. The first-order valence-corrected chi connectivity index (χ1v) is 14.2. The van der Waals surface area contributed by atoms with Gasteiger partial charge in [0.15, 0.2) is 0 Å². The fourth-order valence-corrected chi connectivity index (χ4v) is 5.62. The van der Waals surface area contributed by atoms with Crippen LogP contribution in [0.2, 0.25) is 0 Å². The number of aromatic amines is 1. The van der Waals surface area contributed by atoms with Crippen LogP contribution < -0.4 is 10.6 Å². The number of hydrogen-bond donors (Lipinski definition) is 4. The molecule has 2 amide bonds. The first kappa shape index (κ1) is 29.8. The van der Waals surface area contributed by atoms with Crippen LogP contribution in [0.3, 0.4) is 0 Å². The van der Waals surface area contributed by atoms with Crippen molar-refractivity contribution in [1.29, 1.82) is 0 Å². The van der Waals surface area contributed by atoms with Crippen LogP contribution in [0.5, 0.6) is 0 Å². The minimum Gasteiger partial charge on any atom is -0.481 e. The molecule has 1 aliphatic rings. The number of carboxylic acids is 1. The van der Waals surface area contributed by atoms with Crippen LogP contribution in [0.4, 0.5) is 4.79 Å². The van der Waals surface area contributed by atoms with E-state index in [0.717, 1.165) is 27.6 Å². The Labute approximate surface area is 249 Å². The molecule has 0 aliphatic heterocycles. The number of alkyl carbamates (subject to hydrolysis) is 1. The van der Waals surface area contributed by atoms with Gasteiger partial charge in [-0.2, -0.15) is 0 Å². The molecular formula is C32H37N5O6. The standard InChI is InChI=1S/C32H37N5O6/c1-30(2,3)43-29(41)35-31(4,5)28-37-36-26(42-28)24(14-21-18-33-23-13-9-8-12-22(21)23)34-27(40)32(17-25(38)39)15-19-10-6-7-11-20(19)16-32/h6-13,18,24,33H,14-17H2,1-5H3,(H,34,40)(H,35,41)(H,38,39)/t24-/m0/s1. The molecule has 2 heterocycles. The number of carbonyl (C=O) groups is 3. The number of aliphatic carboxylic acids is 1. The van der Waals surface area contributed by atoms with Crippen molar-refractivity contribution in [2.75, 3.05) is 0 Å². The second kappa shape index (κ2) is 11.2. The van der Waals surface area contributed by atoms with Crippen molar-refractivity contribution in [2.45, 2.75) is 77.5 Å². The van der Waals surface area contributed by atoms with Crippen molar-refractivity contribution in [3.05, 3.63) is 83.2 Å². The van der Waals surface area contributed by atoms with Gasteiger partial charge >= 0.3 is 12.1 Å². The third-order valence-corrected chi connectivity index (χ3v) is 7.64. The summed E-state index contributed by atoms with van der Waals surface area (Å²) in [6.45, 7) is 8.71. The van der Waals surface area contributed by atoms with Crippen LogP contribution in [0.25, 0.3) is 10.9 Å². The van der Waals surface area contributed by atoms with Crippen molar-refractivity contribution in [1.82, 2.24) is 25.8 Å². The first-order valence-electron chi connectivity index (χ1n) is 14.2. The van der Waals surface area contributed by atoms with Crippen molar-refractivity contribution in [3.8, 4) is 0 Å². The molecule has 43 heavy (non-hydrogen) atoms. The number of para-hydroxylation sites is 1. The number of hydrogen-bond acceptors (Lipinski definition) is 7. The molecule has 0 bridgehead atoms. The number of fused-ring (bicyclic) bond motifs is 2. The topological polar surface area (TPSA) is 159 Å². The summed E-state index contributed by atoms with van der Waals surface area (Å²) in [6, 6.07) is 14.7. The third-order valence-electron chi connectivity index (χ3n) is 7.64. The molecule has 0 unspecified atom stereocenters. The van der Waals surface area contributed by atoms with Crippen LogP contribution >= 0.6 is 0 Å². The summed E-state index contributed by atoms with van der Waals surface area (Å²) in [5, 5.41) is 25.1. The van der Waals surface area contributed by atoms with Crippen LogP contribution in [-0.2, 0) is 39.1 Å². The molecular weight excluding hydrogens is 550 g/mol. The highest BCUT2D eigenvalue weighted by molar-refractivity contribution is 5.89. The zero-order chi connectivity index (χ0) is 31.0. The lowest BCUT2D eigenvalue weighted by Gasteiger charge is -2.28. The Balaban J connectivity index is 1.46. The molecule has 1 atom stereocenters. The molecule has 0 spiro atoms. The van der Waals surface area contributed by atoms with E-state index in [4.69, 9.17) is 9.15 Å². The predicted molar refractivity (Wildman–Crippen MR) is 158 cm³/mol. The summed E-state index contributed by atoms with van der Waals surface area (Å²) in [5.41, 5.74) is 0.818. The van der Waals surface area contributed by atoms with Gasteiger partial charge in [0, 0.05) is 23.5 Å². The molecule has 2 aromatic carbocycles. The lowest BCUT2D eigenvalue weighted by molar-refractivity contribution is -0.145. The van der Waals surface area contributed by atoms with Crippen molar-refractivity contribution in [2.24, 2.45) is 5.41 Å². The van der Waals surface area contributed by atoms with Crippen LogP contribution in [0, 0.1) is 5.41 Å². The monoisotopic (exact) mass is 587 g/mol. The average molecular weight is 588 g/mol. The highest BCUT2D eigenvalue weighted by Gasteiger charge is 2.46. The molecule has 0 fully saturated rings. The summed E-state index contributed by atoms with van der Waals surface area (Å²) in [4.78, 5) is 41.8. The maximum absolute atomic E-state index is 14.1. The van der Waals surface area contributed by atoms with E-state index in [1.807, 2.05) is 54.7 Å². The van der Waals surface area contributed by atoms with E-state index in [-0.39, 0.29) is 18.2 Å². The third kappa shape index (κ3) is 6.55. The molecule has 1 aliphatic carbocycles. The van der Waals surface area contributed by atoms with Crippen molar-refractivity contribution < 1.29 is 28.6 Å². The van der Waals surface area contributed by atoms with Gasteiger partial charge in [-0.1, -0.05) is 42.5 Å². The van der Waals surface area contributed by atoms with Crippen LogP contribution in [0.15, 0.2) is 59.1 Å². The van der Waals surface area contributed by atoms with Crippen molar-refractivity contribution in [3.63, 3.8) is 0 Å². The SMILES string of the molecule is CC(C)(C)OC(=O)NC(C)(C)c1nnc([C@H](Cc2c[nH]c3ccccc23)NC(=O)C2(CC(=O)O)Cc3ccccc3C2)o1. The summed E-state index contributed by atoms with van der Waals surface area (Å²) >= 11 is 0. The van der Waals surface area contributed by atoms with Gasteiger partial charge < -0.3 is 29.9 Å². The Kier molecular flexibility index (Phi) is 7.76. The Bertz CT molecular complexity index is 1640. The smallest absolute Gasteiger partial charge is 0.408 e. The maximum atomic E-state index is 14.1. The zero-order valence-corrected chi connectivity index (χ0v) is 25.0. The Morgan fingerprint density at radius 1 is 1.02 bits per heavy atom. The number of amides is 2. The second-order valence-corrected chi connectivity index (χ2v) is 12.8. The first-order chi connectivity index (χ1) is 20.2. The fourth-order valence-electron chi connectivity index (χ4n) is 5.62. The molecule has 0 radical (unpaired) electrons. The van der Waals surface area contributed by atoms with Crippen molar-refractivity contribution >= 4 is 28.9 Å². The van der Waals surface area contributed by atoms with Gasteiger partial charge in [0.1, 0.15) is 17.2 Å². The largest absolute Gasteiger partial charge is 0.481 e. The van der Waals surface area contributed by atoms with Crippen LogP contribution in [-0.4, -0.2) is 43.9 Å². The summed E-state index contributed by atoms with van der Waals surface area (Å²) < 4.78 is 11.5. The quantitative estimate of drug-likeness (QED) is 0.214. The number of aromatic nitrogens is 3. The average Bonchev–Trinajstić information content (AvgIpc) is 3.64. The number of rotatable bonds is 9. The molecule has 0 saturated carbocycles. The Hall–Kier alpha value is -4.67. The van der Waals surface area contributed by atoms with Gasteiger partial charge in [-0.3, -0.25) is 9.59 Å². The molecule has 226 valence electrons. The molecule has 5 rings (SSSR count). The van der Waals surface area contributed by atoms with Gasteiger partial charge in [-0.05, 0) is 70.2 Å². The lowest BCUT2D eigenvalue weighted by atomic mass is 9.80. The Morgan fingerprint density at radius 3 is 2.33 bits per heavy atom. The van der Waals surface area contributed by atoms with E-state index in [1.54, 1.807) is 34.6 Å². The molecule has 4 N–H and O–H groups in total. The summed E-state index contributed by atoms with van der Waals surface area (Å²) in [6.07, 6.45) is 1.82. The normalized spacial score (nSPS) is 15.1. The minimum absolute atomic E-state index is 0.125. The summed E-state index contributed by atoms with van der Waals surface area (Å²) in [5.74, 6) is -1.19. The molecule has 11 nitrogen and oxygen atoms in total. The van der Waals surface area contributed by atoms with E-state index >= 15 is 0 Å². The fraction of sp³-hybridized carbons (Fsp3) is 0.406. The number of nitrogens with zero attached hydrogens (tertiary/aromatic N) is 2. The lowest BCUT2D eigenvalue weighted by Crippen LogP contribution is -2.45. The van der Waals surface area contributed by atoms with E-state index < -0.39 is 40.6 Å². The Morgan fingerprint density at radius 2 is 1.67 bits per heavy atom. The zero-order valence-electron chi connectivity index (χ0n) is 25.0. The molecule has 0 saturated heterocycles. The highest BCUT2D eigenvalue weighted by atomic mass is 16.6. The highest BCUT2D eigenvalue weighted by Crippen LogP contribution is 2.41. The van der Waals surface area contributed by atoms with E-state index in [2.05, 4.69) is 25.8 Å². The predicted octanol–water partition coefficient (Wildman–Crippen LogP) is 4.97. The van der Waals surface area contributed by atoms with Gasteiger partial charge in [-0.15, -0.1) is 10.2 Å². The van der Waals surface area contributed by atoms with E-state index in [1.165, 1.54) is 0 Å². The molecule has 2 aromatic heterocycles. The number of ether oxygens (including phenoxy) is 1. The van der Waals surface area contributed by atoms with Gasteiger partial charge in [-0.25, -0.2) is 4.79 Å². The second-order valence-electron chi connectivity index (χ2n) is 12.8. The maximum Gasteiger partial charge on any atom is 0.408 e. The summed E-state index contributed by atoms with van der Waals surface area (Å²) in [7, 11) is 0. The van der Waals surface area contributed by atoms with Gasteiger partial charge in [0.25, 0.3) is 0 Å². The number of H-pyrrole nitrogens is 1. The number of carboxylic acid groups (broad SMARTS) is 1.